The van der Waals surface area contributed by atoms with Crippen LogP contribution in [0.5, 0.6) is 0 Å². The molecule has 25 heavy (non-hydrogen) atoms. The zero-order chi connectivity index (χ0) is 17.6. The van der Waals surface area contributed by atoms with Gasteiger partial charge in [-0.1, -0.05) is 54.6 Å². The van der Waals surface area contributed by atoms with Gasteiger partial charge in [0.05, 0.1) is 18.5 Å². The summed E-state index contributed by atoms with van der Waals surface area (Å²) in [4.78, 5) is 19.0. The standard InChI is InChI=1S/C19H18N4O2/c20-19(25)16-10-21-12-18(23-16)22-11-17(24)15-8-6-14(7-9-15)13-4-2-1-3-5-13/h1-10,12,17,24H,11H2,(H2,20,25)(H,22,23). The minimum absolute atomic E-state index is 0.0757. The molecule has 1 heterocycles. The van der Waals surface area contributed by atoms with Gasteiger partial charge in [-0.3, -0.25) is 9.78 Å². The quantitative estimate of drug-likeness (QED) is 0.642. The van der Waals surface area contributed by atoms with Gasteiger partial charge >= 0.3 is 0 Å². The molecule has 1 aromatic heterocycles. The van der Waals surface area contributed by atoms with Crippen molar-refractivity contribution in [2.45, 2.75) is 6.10 Å². The van der Waals surface area contributed by atoms with Gasteiger partial charge in [0.15, 0.2) is 0 Å². The fourth-order valence-electron chi connectivity index (χ4n) is 2.42. The van der Waals surface area contributed by atoms with Gasteiger partial charge in [-0.15, -0.1) is 0 Å². The van der Waals surface area contributed by atoms with E-state index in [4.69, 9.17) is 5.73 Å². The van der Waals surface area contributed by atoms with Gasteiger partial charge in [0, 0.05) is 6.54 Å². The van der Waals surface area contributed by atoms with Crippen molar-refractivity contribution in [1.82, 2.24) is 9.97 Å². The van der Waals surface area contributed by atoms with E-state index in [9.17, 15) is 9.90 Å². The van der Waals surface area contributed by atoms with Crippen molar-refractivity contribution in [3.63, 3.8) is 0 Å². The SMILES string of the molecule is NC(=O)c1cncc(NCC(O)c2ccc(-c3ccccc3)cc2)n1. The molecule has 0 fully saturated rings. The summed E-state index contributed by atoms with van der Waals surface area (Å²) in [6.45, 7) is 0.238. The number of hydrogen-bond acceptors (Lipinski definition) is 5. The lowest BCUT2D eigenvalue weighted by Gasteiger charge is -2.13. The average molecular weight is 334 g/mol. The number of carbonyl (C=O) groups is 1. The minimum Gasteiger partial charge on any atom is -0.387 e. The van der Waals surface area contributed by atoms with Crippen LogP contribution in [0.2, 0.25) is 0 Å². The van der Waals surface area contributed by atoms with Crippen LogP contribution in [0.1, 0.15) is 22.2 Å². The van der Waals surface area contributed by atoms with Gasteiger partial charge in [-0.2, -0.15) is 0 Å². The highest BCUT2D eigenvalue weighted by Gasteiger charge is 2.09. The average Bonchev–Trinajstić information content (AvgIpc) is 2.67. The van der Waals surface area contributed by atoms with Crippen LogP contribution < -0.4 is 11.1 Å². The van der Waals surface area contributed by atoms with E-state index in [1.54, 1.807) is 0 Å². The number of nitrogens with two attached hydrogens (primary N) is 1. The van der Waals surface area contributed by atoms with Crippen molar-refractivity contribution in [1.29, 1.82) is 0 Å². The van der Waals surface area contributed by atoms with E-state index in [0.29, 0.717) is 5.82 Å². The molecule has 6 nitrogen and oxygen atoms in total. The molecule has 3 aromatic rings. The van der Waals surface area contributed by atoms with Crippen LogP contribution in [0.25, 0.3) is 11.1 Å². The van der Waals surface area contributed by atoms with E-state index in [1.165, 1.54) is 12.4 Å². The van der Waals surface area contributed by atoms with Crippen molar-refractivity contribution < 1.29 is 9.90 Å². The fourth-order valence-corrected chi connectivity index (χ4v) is 2.42. The molecule has 0 saturated heterocycles. The lowest BCUT2D eigenvalue weighted by molar-refractivity contribution is 0.0995. The van der Waals surface area contributed by atoms with Gasteiger partial charge in [-0.05, 0) is 16.7 Å². The maximum absolute atomic E-state index is 11.1. The summed E-state index contributed by atoms with van der Waals surface area (Å²) < 4.78 is 0. The topological polar surface area (TPSA) is 101 Å². The molecule has 1 amide bonds. The molecule has 0 aliphatic carbocycles. The Hall–Kier alpha value is -3.25. The number of carbonyl (C=O) groups excluding carboxylic acids is 1. The van der Waals surface area contributed by atoms with Gasteiger partial charge < -0.3 is 16.2 Å². The van der Waals surface area contributed by atoms with Gasteiger partial charge in [0.1, 0.15) is 11.5 Å². The molecular weight excluding hydrogens is 316 g/mol. The van der Waals surface area contributed by atoms with Crippen molar-refractivity contribution in [2.75, 3.05) is 11.9 Å². The number of nitrogens with one attached hydrogen (secondary N) is 1. The zero-order valence-corrected chi connectivity index (χ0v) is 13.5. The van der Waals surface area contributed by atoms with E-state index >= 15 is 0 Å². The first-order valence-corrected chi connectivity index (χ1v) is 7.82. The molecule has 4 N–H and O–H groups in total. The summed E-state index contributed by atoms with van der Waals surface area (Å²) in [5.74, 6) is -0.260. The number of aliphatic hydroxyl groups is 1. The molecule has 1 unspecified atom stereocenters. The molecule has 0 radical (unpaired) electrons. The van der Waals surface area contributed by atoms with Crippen molar-refractivity contribution in [2.24, 2.45) is 5.73 Å². The number of rotatable bonds is 6. The zero-order valence-electron chi connectivity index (χ0n) is 13.5. The Morgan fingerprint density at radius 3 is 2.40 bits per heavy atom. The van der Waals surface area contributed by atoms with Crippen molar-refractivity contribution in [3.8, 4) is 11.1 Å². The highest BCUT2D eigenvalue weighted by Crippen LogP contribution is 2.22. The summed E-state index contributed by atoms with van der Waals surface area (Å²) in [7, 11) is 0. The van der Waals surface area contributed by atoms with Gasteiger partial charge in [0.25, 0.3) is 5.91 Å². The summed E-state index contributed by atoms with van der Waals surface area (Å²) >= 11 is 0. The van der Waals surface area contributed by atoms with Crippen LogP contribution >= 0.6 is 0 Å². The number of aromatic nitrogens is 2. The molecule has 0 spiro atoms. The Bertz CT molecular complexity index is 851. The van der Waals surface area contributed by atoms with Gasteiger partial charge in [-0.25, -0.2) is 4.98 Å². The van der Waals surface area contributed by atoms with Crippen molar-refractivity contribution in [3.05, 3.63) is 78.2 Å². The number of amides is 1. The molecule has 0 aliphatic rings. The smallest absolute Gasteiger partial charge is 0.268 e. The first-order chi connectivity index (χ1) is 12.1. The highest BCUT2D eigenvalue weighted by atomic mass is 16.3. The lowest BCUT2D eigenvalue weighted by atomic mass is 10.0. The summed E-state index contributed by atoms with van der Waals surface area (Å²) in [6.07, 6.45) is 2.05. The third-order valence-electron chi connectivity index (χ3n) is 3.77. The number of nitrogens with zero attached hydrogens (tertiary/aromatic N) is 2. The molecule has 0 aliphatic heterocycles. The second-order valence-corrected chi connectivity index (χ2v) is 5.54. The summed E-state index contributed by atoms with van der Waals surface area (Å²) in [5.41, 5.74) is 8.25. The lowest BCUT2D eigenvalue weighted by Crippen LogP contribution is -2.17. The first kappa shape index (κ1) is 16.6. The number of benzene rings is 2. The van der Waals surface area contributed by atoms with Gasteiger partial charge in [0.2, 0.25) is 0 Å². The fraction of sp³-hybridized carbons (Fsp3) is 0.105. The maximum atomic E-state index is 11.1. The monoisotopic (exact) mass is 334 g/mol. The van der Waals surface area contributed by atoms with E-state index in [1.807, 2.05) is 54.6 Å². The molecule has 6 heteroatoms. The van der Waals surface area contributed by atoms with E-state index in [0.717, 1.165) is 16.7 Å². The second kappa shape index (κ2) is 7.55. The number of hydrogen-bond donors (Lipinski definition) is 3. The third kappa shape index (κ3) is 4.19. The summed E-state index contributed by atoms with van der Waals surface area (Å²) in [5, 5.41) is 13.3. The predicted octanol–water partition coefficient (Wildman–Crippen LogP) is 2.39. The largest absolute Gasteiger partial charge is 0.387 e. The van der Waals surface area contributed by atoms with Crippen LogP contribution in [0, 0.1) is 0 Å². The predicted molar refractivity (Wildman–Crippen MR) is 95.9 cm³/mol. The highest BCUT2D eigenvalue weighted by molar-refractivity contribution is 5.90. The van der Waals surface area contributed by atoms with Crippen LogP contribution in [0.4, 0.5) is 5.82 Å². The Kier molecular flexibility index (Phi) is 5.01. The molecule has 2 aromatic carbocycles. The van der Waals surface area contributed by atoms with Crippen molar-refractivity contribution >= 4 is 11.7 Å². The number of primary amides is 1. The molecule has 0 bridgehead atoms. The molecule has 0 saturated carbocycles. The van der Waals surface area contributed by atoms with E-state index < -0.39 is 12.0 Å². The Morgan fingerprint density at radius 2 is 1.72 bits per heavy atom. The molecule has 3 rings (SSSR count). The normalized spacial score (nSPS) is 11.7. The van der Waals surface area contributed by atoms with E-state index in [2.05, 4.69) is 15.3 Å². The van der Waals surface area contributed by atoms with E-state index in [-0.39, 0.29) is 12.2 Å². The Morgan fingerprint density at radius 1 is 1.04 bits per heavy atom. The molecular formula is C19H18N4O2. The Balaban J connectivity index is 1.64. The third-order valence-corrected chi connectivity index (χ3v) is 3.77. The summed E-state index contributed by atoms with van der Waals surface area (Å²) in [6, 6.07) is 17.8. The minimum atomic E-state index is -0.719. The van der Waals surface area contributed by atoms with Crippen LogP contribution in [0.15, 0.2) is 67.0 Å². The molecule has 126 valence electrons. The second-order valence-electron chi connectivity index (χ2n) is 5.54. The molecule has 1 atom stereocenters. The number of anilines is 1. The first-order valence-electron chi connectivity index (χ1n) is 7.82. The van der Waals surface area contributed by atoms with Crippen LogP contribution in [0.3, 0.4) is 0 Å². The Labute approximate surface area is 145 Å². The van der Waals surface area contributed by atoms with Crippen LogP contribution in [-0.4, -0.2) is 27.5 Å². The number of aliphatic hydroxyl groups excluding tert-OH is 1. The van der Waals surface area contributed by atoms with Crippen LogP contribution in [-0.2, 0) is 0 Å². The maximum Gasteiger partial charge on any atom is 0.268 e.